The van der Waals surface area contributed by atoms with Gasteiger partial charge < -0.3 is 9.80 Å². The monoisotopic (exact) mass is 413 g/mol. The summed E-state index contributed by atoms with van der Waals surface area (Å²) in [6.07, 6.45) is 5.52. The third kappa shape index (κ3) is 2.80. The van der Waals surface area contributed by atoms with Crippen LogP contribution in [0.5, 0.6) is 0 Å². The molecule has 1 aromatic carbocycles. The number of hydrogen-bond donors (Lipinski definition) is 0. The summed E-state index contributed by atoms with van der Waals surface area (Å²) in [6, 6.07) is 13.5. The Morgan fingerprint density at radius 2 is 1.84 bits per heavy atom. The van der Waals surface area contributed by atoms with Crippen LogP contribution in [0.15, 0.2) is 54.9 Å². The molecule has 2 amide bonds. The van der Waals surface area contributed by atoms with Gasteiger partial charge in [-0.25, -0.2) is 4.68 Å². The van der Waals surface area contributed by atoms with Gasteiger partial charge in [0.25, 0.3) is 11.8 Å². The molecule has 6 rings (SSSR count). The highest BCUT2D eigenvalue weighted by Gasteiger charge is 2.53. The molecule has 0 bridgehead atoms. The number of pyridine rings is 1. The quantitative estimate of drug-likeness (QED) is 0.659. The summed E-state index contributed by atoms with van der Waals surface area (Å²) in [5.41, 5.74) is 4.19. The molecule has 31 heavy (non-hydrogen) atoms. The molecule has 7 heteroatoms. The Morgan fingerprint density at radius 1 is 1.06 bits per heavy atom. The maximum absolute atomic E-state index is 13.7. The topological polar surface area (TPSA) is 71.3 Å². The van der Waals surface area contributed by atoms with E-state index in [1.165, 1.54) is 0 Å². The highest BCUT2D eigenvalue weighted by molar-refractivity contribution is 5.99. The second-order valence-corrected chi connectivity index (χ2v) is 8.70. The fourth-order valence-corrected chi connectivity index (χ4v) is 4.98. The van der Waals surface area contributed by atoms with Gasteiger partial charge in [-0.3, -0.25) is 14.6 Å². The zero-order valence-electron chi connectivity index (χ0n) is 17.3. The summed E-state index contributed by atoms with van der Waals surface area (Å²) in [5.74, 6) is 0.498. The highest BCUT2D eigenvalue weighted by atomic mass is 16.2. The van der Waals surface area contributed by atoms with Gasteiger partial charge in [0.2, 0.25) is 0 Å². The van der Waals surface area contributed by atoms with Crippen molar-refractivity contribution in [3.63, 3.8) is 0 Å². The van der Waals surface area contributed by atoms with Crippen molar-refractivity contribution in [2.75, 3.05) is 13.1 Å². The molecule has 2 aromatic heterocycles. The Hall–Kier alpha value is -3.48. The average molecular weight is 413 g/mol. The molecule has 0 radical (unpaired) electrons. The predicted molar refractivity (Wildman–Crippen MR) is 114 cm³/mol. The number of rotatable bonds is 4. The molecule has 1 aliphatic carbocycles. The van der Waals surface area contributed by atoms with Gasteiger partial charge in [-0.15, -0.1) is 0 Å². The fourth-order valence-electron chi connectivity index (χ4n) is 4.98. The van der Waals surface area contributed by atoms with Crippen LogP contribution in [-0.2, 0) is 0 Å². The molecule has 4 heterocycles. The van der Waals surface area contributed by atoms with Gasteiger partial charge in [-0.2, -0.15) is 5.10 Å². The normalized spacial score (nSPS) is 20.7. The van der Waals surface area contributed by atoms with Crippen molar-refractivity contribution in [2.45, 2.75) is 31.8 Å². The van der Waals surface area contributed by atoms with Crippen molar-refractivity contribution in [1.29, 1.82) is 0 Å². The van der Waals surface area contributed by atoms with E-state index in [9.17, 15) is 9.59 Å². The lowest BCUT2D eigenvalue weighted by Gasteiger charge is -2.46. The Bertz CT molecular complexity index is 1160. The number of nitrogens with zero attached hydrogens (tertiary/aromatic N) is 5. The van der Waals surface area contributed by atoms with Crippen molar-refractivity contribution in [3.8, 4) is 5.69 Å². The van der Waals surface area contributed by atoms with Crippen molar-refractivity contribution in [1.82, 2.24) is 24.6 Å². The number of fused-ring (bicyclic) bond motifs is 1. The number of para-hydroxylation sites is 1. The summed E-state index contributed by atoms with van der Waals surface area (Å²) >= 11 is 0. The van der Waals surface area contributed by atoms with Gasteiger partial charge in [0.05, 0.1) is 29.0 Å². The summed E-state index contributed by atoms with van der Waals surface area (Å²) in [4.78, 5) is 34.3. The molecule has 2 aliphatic heterocycles. The molecule has 3 aromatic rings. The fraction of sp³-hybridized carbons (Fsp3) is 0.333. The molecule has 1 unspecified atom stereocenters. The lowest BCUT2D eigenvalue weighted by molar-refractivity contribution is 0.0115. The van der Waals surface area contributed by atoms with E-state index < -0.39 is 0 Å². The van der Waals surface area contributed by atoms with Crippen LogP contribution < -0.4 is 0 Å². The Labute approximate surface area is 180 Å². The second-order valence-electron chi connectivity index (χ2n) is 8.70. The first-order chi connectivity index (χ1) is 15.1. The number of aromatic nitrogens is 3. The van der Waals surface area contributed by atoms with E-state index in [0.29, 0.717) is 30.3 Å². The van der Waals surface area contributed by atoms with Gasteiger partial charge in [-0.1, -0.05) is 18.2 Å². The number of carbonyl (C=O) groups is 2. The first-order valence-corrected chi connectivity index (χ1v) is 10.8. The number of aryl methyl sites for hydroxylation is 1. The lowest BCUT2D eigenvalue weighted by atomic mass is 9.99. The largest absolute Gasteiger partial charge is 0.334 e. The maximum atomic E-state index is 13.7. The molecule has 1 saturated heterocycles. The molecular formula is C24H23N5O2. The van der Waals surface area contributed by atoms with Gasteiger partial charge in [-0.05, 0) is 49.9 Å². The van der Waals surface area contributed by atoms with Crippen LogP contribution >= 0.6 is 0 Å². The minimum absolute atomic E-state index is 0.0249. The smallest absolute Gasteiger partial charge is 0.273 e. The van der Waals surface area contributed by atoms with Crippen LogP contribution in [0.2, 0.25) is 0 Å². The second kappa shape index (κ2) is 6.77. The van der Waals surface area contributed by atoms with E-state index in [4.69, 9.17) is 5.10 Å². The van der Waals surface area contributed by atoms with Crippen LogP contribution in [0, 0.1) is 12.8 Å². The number of carbonyl (C=O) groups excluding carboxylic acids is 2. The molecule has 156 valence electrons. The Kier molecular flexibility index (Phi) is 4.00. The number of benzene rings is 1. The van der Waals surface area contributed by atoms with Crippen molar-refractivity contribution >= 4 is 11.8 Å². The molecule has 0 spiro atoms. The van der Waals surface area contributed by atoms with E-state index in [-0.39, 0.29) is 23.9 Å². The zero-order chi connectivity index (χ0) is 21.1. The summed E-state index contributed by atoms with van der Waals surface area (Å²) in [7, 11) is 0. The van der Waals surface area contributed by atoms with Gasteiger partial charge in [0.15, 0.2) is 0 Å². The van der Waals surface area contributed by atoms with Crippen LogP contribution in [0.1, 0.15) is 51.0 Å². The van der Waals surface area contributed by atoms with Crippen LogP contribution in [0.25, 0.3) is 5.69 Å². The lowest BCUT2D eigenvalue weighted by Crippen LogP contribution is -2.62. The first kappa shape index (κ1) is 18.3. The van der Waals surface area contributed by atoms with E-state index in [1.54, 1.807) is 34.1 Å². The number of hydrogen-bond acceptors (Lipinski definition) is 4. The zero-order valence-corrected chi connectivity index (χ0v) is 17.3. The van der Waals surface area contributed by atoms with E-state index in [1.807, 2.05) is 42.2 Å². The molecule has 1 saturated carbocycles. The summed E-state index contributed by atoms with van der Waals surface area (Å²) in [6.45, 7) is 3.12. The molecule has 0 N–H and O–H groups in total. The molecular weight excluding hydrogens is 390 g/mol. The Morgan fingerprint density at radius 3 is 2.52 bits per heavy atom. The third-order valence-corrected chi connectivity index (χ3v) is 6.66. The van der Waals surface area contributed by atoms with Gasteiger partial charge in [0, 0.05) is 31.0 Å². The van der Waals surface area contributed by atoms with Crippen molar-refractivity contribution in [2.24, 2.45) is 5.92 Å². The van der Waals surface area contributed by atoms with Crippen molar-refractivity contribution < 1.29 is 9.59 Å². The summed E-state index contributed by atoms with van der Waals surface area (Å²) < 4.78 is 1.81. The molecule has 3 aliphatic rings. The van der Waals surface area contributed by atoms with E-state index in [0.717, 1.165) is 29.8 Å². The average Bonchev–Trinajstić information content (AvgIpc) is 3.49. The van der Waals surface area contributed by atoms with Gasteiger partial charge in [0.1, 0.15) is 5.69 Å². The minimum Gasteiger partial charge on any atom is -0.334 e. The van der Waals surface area contributed by atoms with Crippen LogP contribution in [0.3, 0.4) is 0 Å². The first-order valence-electron chi connectivity index (χ1n) is 10.8. The maximum Gasteiger partial charge on any atom is 0.273 e. The standard InChI is InChI=1S/C24H23N5O2/c1-15-20-21(16-9-10-16)28(19-13-27(14-19)23(30)17-6-5-11-25-12-17)24(31)22(20)29(26-15)18-7-3-2-4-8-18/h2-8,11-12,16,19,21H,9-10,13-14H2,1H3. The molecule has 1 atom stereocenters. The highest BCUT2D eigenvalue weighted by Crippen LogP contribution is 2.52. The number of likely N-dealkylation sites (tertiary alicyclic amines) is 1. The molecule has 2 fully saturated rings. The van der Waals surface area contributed by atoms with Crippen LogP contribution in [0.4, 0.5) is 0 Å². The summed E-state index contributed by atoms with van der Waals surface area (Å²) in [5, 5.41) is 4.73. The van der Waals surface area contributed by atoms with E-state index in [2.05, 4.69) is 4.98 Å². The van der Waals surface area contributed by atoms with Crippen molar-refractivity contribution in [3.05, 3.63) is 77.4 Å². The van der Waals surface area contributed by atoms with Gasteiger partial charge >= 0.3 is 0 Å². The molecule has 7 nitrogen and oxygen atoms in total. The SMILES string of the molecule is Cc1nn(-c2ccccc2)c2c1C(C1CC1)N(C1CN(C(=O)c3cccnc3)C1)C2=O. The third-order valence-electron chi connectivity index (χ3n) is 6.66. The minimum atomic E-state index is -0.0249. The number of amides is 2. The predicted octanol–water partition coefficient (Wildman–Crippen LogP) is 3.01. The Balaban J connectivity index is 1.30. The van der Waals surface area contributed by atoms with Crippen LogP contribution in [-0.4, -0.2) is 55.5 Å². The van der Waals surface area contributed by atoms with E-state index >= 15 is 0 Å².